The molecule has 0 saturated carbocycles. The molecule has 0 unspecified atom stereocenters. The fourth-order valence-corrected chi connectivity index (χ4v) is 3.53. The largest absolute Gasteiger partial charge is 0.356 e. The van der Waals surface area contributed by atoms with Crippen LogP contribution < -0.4 is 10.2 Å². The van der Waals surface area contributed by atoms with Crippen LogP contribution in [0, 0.1) is 5.92 Å². The first-order valence-corrected chi connectivity index (χ1v) is 9.82. The highest BCUT2D eigenvalue weighted by molar-refractivity contribution is 5.79. The van der Waals surface area contributed by atoms with Crippen LogP contribution in [0.2, 0.25) is 0 Å². The van der Waals surface area contributed by atoms with Gasteiger partial charge in [-0.05, 0) is 64.4 Å². The number of pyridine rings is 1. The van der Waals surface area contributed by atoms with E-state index >= 15 is 0 Å². The minimum absolute atomic E-state index is 0.0704. The van der Waals surface area contributed by atoms with Crippen molar-refractivity contribution in [1.29, 1.82) is 0 Å². The van der Waals surface area contributed by atoms with Gasteiger partial charge in [-0.15, -0.1) is 0 Å². The summed E-state index contributed by atoms with van der Waals surface area (Å²) in [5.74, 6) is 1.25. The number of rotatable bonds is 9. The molecule has 0 aliphatic carbocycles. The summed E-state index contributed by atoms with van der Waals surface area (Å²) in [7, 11) is 0. The monoisotopic (exact) mass is 346 g/mol. The number of nitrogens with zero attached hydrogens (tertiary/aromatic N) is 3. The molecule has 1 aliphatic heterocycles. The highest BCUT2D eigenvalue weighted by atomic mass is 16.2. The zero-order valence-corrected chi connectivity index (χ0v) is 16.1. The molecule has 25 heavy (non-hydrogen) atoms. The maximum atomic E-state index is 12.6. The van der Waals surface area contributed by atoms with Gasteiger partial charge in [0.05, 0.1) is 5.92 Å². The molecule has 2 heterocycles. The number of carbonyl (C=O) groups excluding carboxylic acids is 1. The molecule has 5 nitrogen and oxygen atoms in total. The van der Waals surface area contributed by atoms with E-state index in [-0.39, 0.29) is 17.9 Å². The van der Waals surface area contributed by atoms with Crippen LogP contribution in [0.5, 0.6) is 0 Å². The summed E-state index contributed by atoms with van der Waals surface area (Å²) in [4.78, 5) is 21.7. The highest BCUT2D eigenvalue weighted by Gasteiger charge is 2.27. The van der Waals surface area contributed by atoms with Crippen molar-refractivity contribution < 1.29 is 4.79 Å². The molecule has 0 spiro atoms. The second-order valence-electron chi connectivity index (χ2n) is 7.05. The summed E-state index contributed by atoms with van der Waals surface area (Å²) in [6.07, 6.45) is 6.01. The van der Waals surface area contributed by atoms with E-state index in [0.29, 0.717) is 0 Å². The molecule has 1 aliphatic rings. The topological polar surface area (TPSA) is 48.5 Å². The Kier molecular flexibility index (Phi) is 8.19. The van der Waals surface area contributed by atoms with Gasteiger partial charge in [-0.1, -0.05) is 19.9 Å². The Labute approximate surface area is 152 Å². The number of aromatic nitrogens is 1. The molecule has 5 heteroatoms. The maximum absolute atomic E-state index is 12.6. The van der Waals surface area contributed by atoms with Crippen LogP contribution >= 0.6 is 0 Å². The van der Waals surface area contributed by atoms with Crippen molar-refractivity contribution in [1.82, 2.24) is 15.2 Å². The molecule has 1 aromatic heterocycles. The summed E-state index contributed by atoms with van der Waals surface area (Å²) in [5, 5.41) is 3.23. The second kappa shape index (κ2) is 10.4. The first-order chi connectivity index (χ1) is 12.1. The third-order valence-corrected chi connectivity index (χ3v) is 5.16. The van der Waals surface area contributed by atoms with Crippen molar-refractivity contribution in [3.63, 3.8) is 0 Å². The lowest BCUT2D eigenvalue weighted by Gasteiger charge is -2.33. The van der Waals surface area contributed by atoms with Crippen LogP contribution in [0.25, 0.3) is 0 Å². The van der Waals surface area contributed by atoms with E-state index in [1.807, 2.05) is 24.4 Å². The van der Waals surface area contributed by atoms with Gasteiger partial charge in [0.25, 0.3) is 0 Å². The predicted octanol–water partition coefficient (Wildman–Crippen LogP) is 2.92. The van der Waals surface area contributed by atoms with Gasteiger partial charge >= 0.3 is 0 Å². The van der Waals surface area contributed by atoms with Crippen LogP contribution in [0.15, 0.2) is 24.4 Å². The van der Waals surface area contributed by atoms with E-state index in [9.17, 15) is 4.79 Å². The first kappa shape index (κ1) is 19.7. The molecule has 1 aromatic rings. The number of anilines is 1. The van der Waals surface area contributed by atoms with Gasteiger partial charge in [-0.25, -0.2) is 4.98 Å². The maximum Gasteiger partial charge on any atom is 0.225 e. The van der Waals surface area contributed by atoms with E-state index in [4.69, 9.17) is 0 Å². The minimum atomic E-state index is 0.0704. The Morgan fingerprint density at radius 2 is 2.20 bits per heavy atom. The Morgan fingerprint density at radius 3 is 2.88 bits per heavy atom. The lowest BCUT2D eigenvalue weighted by Crippen LogP contribution is -2.45. The SMILES string of the molecule is CCN(CC)CCC[C@H](C)NC(=O)[C@H]1CCCN(c2ccccn2)C1. The molecular formula is C20H34N4O. The van der Waals surface area contributed by atoms with Crippen LogP contribution in [-0.2, 0) is 4.79 Å². The number of piperidine rings is 1. The van der Waals surface area contributed by atoms with Crippen LogP contribution in [-0.4, -0.2) is 54.6 Å². The molecule has 1 fully saturated rings. The molecule has 2 rings (SSSR count). The third kappa shape index (κ3) is 6.31. The minimum Gasteiger partial charge on any atom is -0.356 e. The van der Waals surface area contributed by atoms with Crippen molar-refractivity contribution in [2.24, 2.45) is 5.92 Å². The molecule has 1 amide bonds. The van der Waals surface area contributed by atoms with Crippen molar-refractivity contribution in [3.05, 3.63) is 24.4 Å². The van der Waals surface area contributed by atoms with Gasteiger partial charge in [0.1, 0.15) is 5.82 Å². The van der Waals surface area contributed by atoms with Crippen molar-refractivity contribution in [3.8, 4) is 0 Å². The average Bonchev–Trinajstić information content (AvgIpc) is 2.66. The molecule has 1 N–H and O–H groups in total. The van der Waals surface area contributed by atoms with Crippen molar-refractivity contribution >= 4 is 11.7 Å². The lowest BCUT2D eigenvalue weighted by atomic mass is 9.96. The molecule has 0 aromatic carbocycles. The van der Waals surface area contributed by atoms with E-state index < -0.39 is 0 Å². The Morgan fingerprint density at radius 1 is 1.40 bits per heavy atom. The van der Waals surface area contributed by atoms with E-state index in [1.54, 1.807) is 0 Å². The summed E-state index contributed by atoms with van der Waals surface area (Å²) in [6.45, 7) is 11.6. The summed E-state index contributed by atoms with van der Waals surface area (Å²) < 4.78 is 0. The van der Waals surface area contributed by atoms with Gasteiger partial charge in [-0.2, -0.15) is 0 Å². The zero-order valence-electron chi connectivity index (χ0n) is 16.1. The molecule has 140 valence electrons. The number of carbonyl (C=O) groups is 1. The highest BCUT2D eigenvalue weighted by Crippen LogP contribution is 2.21. The zero-order chi connectivity index (χ0) is 18.1. The molecular weight excluding hydrogens is 312 g/mol. The fourth-order valence-electron chi connectivity index (χ4n) is 3.53. The molecule has 0 bridgehead atoms. The standard InChI is InChI=1S/C20H34N4O/c1-4-23(5-2)14-8-10-17(3)22-20(25)18-11-9-15-24(16-18)19-12-6-7-13-21-19/h6-7,12-13,17-18H,4-5,8-11,14-16H2,1-3H3,(H,22,25)/t17-,18-/m0/s1. The van der Waals surface area contributed by atoms with Gasteiger partial charge in [0.15, 0.2) is 0 Å². The third-order valence-electron chi connectivity index (χ3n) is 5.16. The van der Waals surface area contributed by atoms with Crippen molar-refractivity contribution in [2.75, 3.05) is 37.6 Å². The van der Waals surface area contributed by atoms with E-state index in [1.165, 1.54) is 0 Å². The summed E-state index contributed by atoms with van der Waals surface area (Å²) >= 11 is 0. The van der Waals surface area contributed by atoms with Crippen LogP contribution in [0.4, 0.5) is 5.82 Å². The van der Waals surface area contributed by atoms with Crippen LogP contribution in [0.1, 0.15) is 46.5 Å². The Balaban J connectivity index is 1.76. The smallest absolute Gasteiger partial charge is 0.225 e. The van der Waals surface area contributed by atoms with Gasteiger partial charge in [0, 0.05) is 25.3 Å². The van der Waals surface area contributed by atoms with E-state index in [2.05, 4.69) is 40.9 Å². The number of hydrogen-bond donors (Lipinski definition) is 1. The Bertz CT molecular complexity index is 504. The lowest BCUT2D eigenvalue weighted by molar-refractivity contribution is -0.125. The summed E-state index contributed by atoms with van der Waals surface area (Å²) in [5.41, 5.74) is 0. The number of nitrogens with one attached hydrogen (secondary N) is 1. The summed E-state index contributed by atoms with van der Waals surface area (Å²) in [6, 6.07) is 6.20. The molecule has 1 saturated heterocycles. The average molecular weight is 347 g/mol. The van der Waals surface area contributed by atoms with E-state index in [0.717, 1.165) is 64.2 Å². The predicted molar refractivity (Wildman–Crippen MR) is 104 cm³/mol. The Hall–Kier alpha value is -1.62. The van der Waals surface area contributed by atoms with Gasteiger partial charge < -0.3 is 15.1 Å². The quantitative estimate of drug-likeness (QED) is 0.747. The molecule has 0 radical (unpaired) electrons. The van der Waals surface area contributed by atoms with Crippen molar-refractivity contribution in [2.45, 2.75) is 52.5 Å². The number of amides is 1. The normalized spacial score (nSPS) is 19.0. The first-order valence-electron chi connectivity index (χ1n) is 9.82. The van der Waals surface area contributed by atoms with Gasteiger partial charge in [0.2, 0.25) is 5.91 Å². The fraction of sp³-hybridized carbons (Fsp3) is 0.700. The van der Waals surface area contributed by atoms with Crippen LogP contribution in [0.3, 0.4) is 0 Å². The molecule has 2 atom stereocenters. The second-order valence-corrected chi connectivity index (χ2v) is 7.05. The van der Waals surface area contributed by atoms with Gasteiger partial charge in [-0.3, -0.25) is 4.79 Å². The number of hydrogen-bond acceptors (Lipinski definition) is 4.